The summed E-state index contributed by atoms with van der Waals surface area (Å²) in [5, 5.41) is 17.9. The zero-order valence-electron chi connectivity index (χ0n) is 12.2. The van der Waals surface area contributed by atoms with Crippen LogP contribution in [-0.4, -0.2) is 53.4 Å². The Morgan fingerprint density at radius 2 is 1.76 bits per heavy atom. The first-order chi connectivity index (χ1) is 10.1. The molecule has 0 aliphatic rings. The summed E-state index contributed by atoms with van der Waals surface area (Å²) in [4.78, 5) is 26.4. The molecule has 1 rings (SSSR count). The summed E-state index contributed by atoms with van der Waals surface area (Å²) in [6.07, 6.45) is 0.646. The lowest BCUT2D eigenvalue weighted by molar-refractivity contribution is -0.136. The number of amides is 2. The minimum absolute atomic E-state index is 0.101. The fourth-order valence-electron chi connectivity index (χ4n) is 2.01. The van der Waals surface area contributed by atoms with Crippen molar-refractivity contribution in [1.29, 1.82) is 0 Å². The minimum Gasteiger partial charge on any atom is -0.481 e. The van der Waals surface area contributed by atoms with E-state index in [1.165, 1.54) is 9.80 Å². The van der Waals surface area contributed by atoms with E-state index in [1.54, 1.807) is 24.3 Å². The van der Waals surface area contributed by atoms with Crippen LogP contribution in [0.15, 0.2) is 30.3 Å². The largest absolute Gasteiger partial charge is 0.481 e. The molecule has 0 aliphatic carbocycles. The number of urea groups is 1. The van der Waals surface area contributed by atoms with Gasteiger partial charge < -0.3 is 15.1 Å². The number of nitrogens with zero attached hydrogens (tertiary/aromatic N) is 2. The molecule has 0 spiro atoms. The number of hydrogen-bond acceptors (Lipinski definition) is 3. The second-order valence-corrected chi connectivity index (χ2v) is 4.62. The highest BCUT2D eigenvalue weighted by molar-refractivity contribution is 5.92. The van der Waals surface area contributed by atoms with Crippen LogP contribution in [-0.2, 0) is 4.79 Å². The van der Waals surface area contributed by atoms with Gasteiger partial charge in [0.25, 0.3) is 0 Å². The zero-order valence-corrected chi connectivity index (χ0v) is 12.2. The third-order valence-corrected chi connectivity index (χ3v) is 2.98. The maximum atomic E-state index is 12.6. The molecule has 0 aliphatic heterocycles. The van der Waals surface area contributed by atoms with Crippen LogP contribution in [0.4, 0.5) is 10.5 Å². The van der Waals surface area contributed by atoms with Gasteiger partial charge in [-0.2, -0.15) is 0 Å². The van der Waals surface area contributed by atoms with Crippen molar-refractivity contribution in [3.63, 3.8) is 0 Å². The van der Waals surface area contributed by atoms with E-state index in [0.29, 0.717) is 12.2 Å². The minimum atomic E-state index is -0.951. The summed E-state index contributed by atoms with van der Waals surface area (Å²) in [7, 11) is 0. The number of anilines is 1. The number of carboxylic acid groups (broad SMARTS) is 1. The van der Waals surface area contributed by atoms with Crippen LogP contribution in [0.25, 0.3) is 0 Å². The molecule has 6 nitrogen and oxygen atoms in total. The molecule has 0 saturated heterocycles. The summed E-state index contributed by atoms with van der Waals surface area (Å²) in [5.41, 5.74) is 0.655. The zero-order chi connectivity index (χ0) is 15.7. The highest BCUT2D eigenvalue weighted by Gasteiger charge is 2.22. The summed E-state index contributed by atoms with van der Waals surface area (Å²) in [5.74, 6) is -0.951. The SMILES string of the molecule is CCCN(CCO)C(=O)N(CCC(=O)O)c1ccccc1. The van der Waals surface area contributed by atoms with Crippen LogP contribution in [0.3, 0.4) is 0 Å². The quantitative estimate of drug-likeness (QED) is 0.766. The molecular weight excluding hydrogens is 272 g/mol. The Morgan fingerprint density at radius 3 is 2.29 bits per heavy atom. The van der Waals surface area contributed by atoms with Gasteiger partial charge in [-0.05, 0) is 18.6 Å². The number of para-hydroxylation sites is 1. The van der Waals surface area contributed by atoms with Crippen molar-refractivity contribution in [3.8, 4) is 0 Å². The van der Waals surface area contributed by atoms with Crippen LogP contribution in [0.2, 0.25) is 0 Å². The van der Waals surface area contributed by atoms with Crippen molar-refractivity contribution in [1.82, 2.24) is 4.90 Å². The van der Waals surface area contributed by atoms with E-state index >= 15 is 0 Å². The van der Waals surface area contributed by atoms with Crippen molar-refractivity contribution in [2.45, 2.75) is 19.8 Å². The number of carbonyl (C=O) groups excluding carboxylic acids is 1. The number of benzene rings is 1. The Hall–Kier alpha value is -2.08. The van der Waals surface area contributed by atoms with Crippen molar-refractivity contribution < 1.29 is 19.8 Å². The van der Waals surface area contributed by atoms with E-state index in [0.717, 1.165) is 6.42 Å². The Labute approximate surface area is 124 Å². The molecule has 0 saturated carbocycles. The fraction of sp³-hybridized carbons (Fsp3) is 0.467. The molecule has 0 heterocycles. The van der Waals surface area contributed by atoms with E-state index in [4.69, 9.17) is 10.2 Å². The monoisotopic (exact) mass is 294 g/mol. The summed E-state index contributed by atoms with van der Waals surface area (Å²) in [6, 6.07) is 8.68. The number of rotatable bonds is 8. The molecule has 0 fully saturated rings. The first-order valence-electron chi connectivity index (χ1n) is 7.04. The molecule has 0 aromatic heterocycles. The van der Waals surface area contributed by atoms with E-state index in [2.05, 4.69) is 0 Å². The Bertz CT molecular complexity index is 444. The van der Waals surface area contributed by atoms with Crippen LogP contribution >= 0.6 is 0 Å². The highest BCUT2D eigenvalue weighted by Crippen LogP contribution is 2.16. The van der Waals surface area contributed by atoms with Gasteiger partial charge >= 0.3 is 12.0 Å². The lowest BCUT2D eigenvalue weighted by atomic mass is 10.2. The van der Waals surface area contributed by atoms with Gasteiger partial charge in [0, 0.05) is 25.3 Å². The molecule has 0 atom stereocenters. The number of aliphatic hydroxyl groups excluding tert-OH is 1. The lowest BCUT2D eigenvalue weighted by Crippen LogP contribution is -2.45. The van der Waals surface area contributed by atoms with Gasteiger partial charge in [0.05, 0.1) is 13.0 Å². The van der Waals surface area contributed by atoms with E-state index in [1.807, 2.05) is 13.0 Å². The number of hydrogen-bond donors (Lipinski definition) is 2. The van der Waals surface area contributed by atoms with Gasteiger partial charge in [-0.3, -0.25) is 9.69 Å². The molecule has 1 aromatic carbocycles. The van der Waals surface area contributed by atoms with E-state index in [-0.39, 0.29) is 32.1 Å². The molecule has 6 heteroatoms. The topological polar surface area (TPSA) is 81.1 Å². The van der Waals surface area contributed by atoms with E-state index < -0.39 is 5.97 Å². The van der Waals surface area contributed by atoms with Crippen molar-refractivity contribution in [3.05, 3.63) is 30.3 Å². The Balaban J connectivity index is 2.93. The maximum absolute atomic E-state index is 12.6. The van der Waals surface area contributed by atoms with Crippen LogP contribution in [0, 0.1) is 0 Å². The summed E-state index contributed by atoms with van der Waals surface area (Å²) in [6.45, 7) is 2.69. The summed E-state index contributed by atoms with van der Waals surface area (Å²) >= 11 is 0. The highest BCUT2D eigenvalue weighted by atomic mass is 16.4. The molecule has 2 N–H and O–H groups in total. The summed E-state index contributed by atoms with van der Waals surface area (Å²) < 4.78 is 0. The van der Waals surface area contributed by atoms with Crippen molar-refractivity contribution >= 4 is 17.7 Å². The fourth-order valence-corrected chi connectivity index (χ4v) is 2.01. The number of aliphatic hydroxyl groups is 1. The Morgan fingerprint density at radius 1 is 1.10 bits per heavy atom. The second-order valence-electron chi connectivity index (χ2n) is 4.62. The van der Waals surface area contributed by atoms with Gasteiger partial charge in [-0.1, -0.05) is 25.1 Å². The lowest BCUT2D eigenvalue weighted by Gasteiger charge is -2.30. The van der Waals surface area contributed by atoms with Crippen LogP contribution in [0.1, 0.15) is 19.8 Å². The predicted octanol–water partition coefficient (Wildman–Crippen LogP) is 1.79. The molecule has 1 aromatic rings. The Kier molecular flexibility index (Phi) is 7.25. The molecule has 0 bridgehead atoms. The normalized spacial score (nSPS) is 10.2. The van der Waals surface area contributed by atoms with Gasteiger partial charge in [-0.25, -0.2) is 4.79 Å². The molecule has 0 radical (unpaired) electrons. The number of carboxylic acids is 1. The van der Waals surface area contributed by atoms with Gasteiger partial charge in [0.1, 0.15) is 0 Å². The van der Waals surface area contributed by atoms with Crippen molar-refractivity contribution in [2.24, 2.45) is 0 Å². The molecular formula is C15H22N2O4. The average Bonchev–Trinajstić information content (AvgIpc) is 2.48. The van der Waals surface area contributed by atoms with Gasteiger partial charge in [0.15, 0.2) is 0 Å². The molecule has 2 amide bonds. The third-order valence-electron chi connectivity index (χ3n) is 2.98. The molecule has 0 unspecified atom stereocenters. The molecule has 116 valence electrons. The second kappa shape index (κ2) is 8.97. The first-order valence-corrected chi connectivity index (χ1v) is 7.04. The van der Waals surface area contributed by atoms with Crippen LogP contribution < -0.4 is 4.90 Å². The predicted molar refractivity (Wildman–Crippen MR) is 80.4 cm³/mol. The maximum Gasteiger partial charge on any atom is 0.324 e. The first kappa shape index (κ1) is 17.0. The van der Waals surface area contributed by atoms with Crippen LogP contribution in [0.5, 0.6) is 0 Å². The third kappa shape index (κ3) is 5.43. The van der Waals surface area contributed by atoms with Gasteiger partial charge in [0.2, 0.25) is 0 Å². The standard InChI is InChI=1S/C15H22N2O4/c1-2-9-16(11-12-18)15(21)17(10-8-14(19)20)13-6-4-3-5-7-13/h3-7,18H,2,8-12H2,1H3,(H,19,20). The number of carbonyl (C=O) groups is 2. The van der Waals surface area contributed by atoms with E-state index in [9.17, 15) is 9.59 Å². The van der Waals surface area contributed by atoms with Crippen molar-refractivity contribution in [2.75, 3.05) is 31.1 Å². The number of aliphatic carboxylic acids is 1. The average molecular weight is 294 g/mol. The smallest absolute Gasteiger partial charge is 0.324 e. The molecule has 21 heavy (non-hydrogen) atoms. The van der Waals surface area contributed by atoms with Gasteiger partial charge in [-0.15, -0.1) is 0 Å².